The van der Waals surface area contributed by atoms with Crippen molar-refractivity contribution in [2.24, 2.45) is 0 Å². The third-order valence-electron chi connectivity index (χ3n) is 12.4. The average Bonchev–Trinajstić information content (AvgIpc) is 3.36. The van der Waals surface area contributed by atoms with Crippen LogP contribution in [0, 0.1) is 41.5 Å². The maximum Gasteiger partial charge on any atom is 0.243 e. The molecule has 0 aliphatic carbocycles. The number of nitrogens with one attached hydrogen (secondary N) is 2. The van der Waals surface area contributed by atoms with Crippen LogP contribution in [0.2, 0.25) is 0 Å². The van der Waals surface area contributed by atoms with E-state index in [0.717, 1.165) is 50.6 Å². The highest BCUT2D eigenvalue weighted by Gasteiger charge is 2.34. The van der Waals surface area contributed by atoms with Gasteiger partial charge < -0.3 is 0 Å². The summed E-state index contributed by atoms with van der Waals surface area (Å²) in [6.45, 7) is 5.58. The van der Waals surface area contributed by atoms with Crippen LogP contribution < -0.4 is 9.44 Å². The van der Waals surface area contributed by atoms with Crippen LogP contribution in [0.25, 0.3) is 0 Å². The normalized spacial score (nSPS) is 13.0. The van der Waals surface area contributed by atoms with Gasteiger partial charge in [0, 0.05) is 65.4 Å². The second kappa shape index (κ2) is 25.1. The Morgan fingerprint density at radius 3 is 0.592 bits per heavy atom. The molecule has 0 aliphatic rings. The van der Waals surface area contributed by atoms with E-state index < -0.39 is 126 Å². The first-order chi connectivity index (χ1) is 35.6. The van der Waals surface area contributed by atoms with Crippen molar-refractivity contribution in [1.82, 2.24) is 26.7 Å². The molecule has 410 valence electrons. The van der Waals surface area contributed by atoms with Crippen molar-refractivity contribution >= 4 is 60.1 Å². The predicted octanol–water partition coefficient (Wildman–Crippen LogP) is 5.56. The summed E-state index contributed by atoms with van der Waals surface area (Å²) in [5.41, 5.74) is 4.63. The Hall–Kier alpha value is -5.22. The summed E-state index contributed by atoms with van der Waals surface area (Å²) in [6, 6.07) is 35.7. The quantitative estimate of drug-likeness (QED) is 0.0645. The molecule has 0 saturated carbocycles. The lowest BCUT2D eigenvalue weighted by Gasteiger charge is -2.30. The lowest BCUT2D eigenvalue weighted by Crippen LogP contribution is -2.48. The van der Waals surface area contributed by atoms with Gasteiger partial charge in [0.05, 0.1) is 29.4 Å². The van der Waals surface area contributed by atoms with E-state index in [9.17, 15) is 50.5 Å². The molecule has 0 heterocycles. The maximum atomic E-state index is 14.8. The summed E-state index contributed by atoms with van der Waals surface area (Å²) in [4.78, 5) is -0.760. The Labute approximate surface area is 449 Å². The first kappa shape index (κ1) is 60.0. The maximum absolute atomic E-state index is 14.8. The summed E-state index contributed by atoms with van der Waals surface area (Å²) in [7, 11) is -26.2. The lowest BCUT2D eigenvalue weighted by atomic mass is 10.2. The molecule has 76 heavy (non-hydrogen) atoms. The third-order valence-corrected chi connectivity index (χ3v) is 23.0. The lowest BCUT2D eigenvalue weighted by molar-refractivity contribution is 0.303. The van der Waals surface area contributed by atoms with Crippen molar-refractivity contribution in [2.45, 2.75) is 70.9 Å². The van der Waals surface area contributed by atoms with E-state index >= 15 is 0 Å². The predicted molar refractivity (Wildman–Crippen MR) is 292 cm³/mol. The average molecular weight is 1160 g/mol. The smallest absolute Gasteiger partial charge is 0.210 e. The molecule has 0 radical (unpaired) electrons. The zero-order valence-electron chi connectivity index (χ0n) is 43.1. The fraction of sp³-hybridized carbons (Fsp3) is 0.308. The van der Waals surface area contributed by atoms with E-state index in [1.54, 1.807) is 114 Å². The van der Waals surface area contributed by atoms with Gasteiger partial charge in [-0.15, -0.1) is 0 Å². The second-order valence-corrected chi connectivity index (χ2v) is 29.6. The van der Waals surface area contributed by atoms with Crippen LogP contribution in [-0.4, -0.2) is 133 Å². The SMILES string of the molecule is Cc1ccc(S(=O)(=O)NCCN(CCN(CCN(CCN(CCNS(=O)(=O)c2ccc(C)cc2)S(=O)(=O)c2ccc(C)cc2)S(=O)(=O)c2ccc(C)cc2)S(=O)(=O)c2ccc(C)cc2)S(=O)(=O)c2ccc(C)cc2)cc1. The largest absolute Gasteiger partial charge is 0.243 e. The minimum atomic E-state index is -4.56. The monoisotopic (exact) mass is 1160 g/mol. The van der Waals surface area contributed by atoms with Gasteiger partial charge in [-0.2, -0.15) is 17.2 Å². The van der Waals surface area contributed by atoms with Crippen molar-refractivity contribution in [3.8, 4) is 0 Å². The molecule has 0 unspecified atom stereocenters. The van der Waals surface area contributed by atoms with Crippen molar-refractivity contribution in [1.29, 1.82) is 0 Å². The molecule has 6 rings (SSSR count). The topological polar surface area (TPSA) is 242 Å². The van der Waals surface area contributed by atoms with E-state index in [2.05, 4.69) is 9.44 Å². The number of hydrogen-bond acceptors (Lipinski definition) is 12. The molecule has 6 aromatic carbocycles. The highest BCUT2D eigenvalue weighted by Crippen LogP contribution is 2.24. The van der Waals surface area contributed by atoms with Crippen LogP contribution in [0.15, 0.2) is 175 Å². The Kier molecular flexibility index (Phi) is 19.8. The number of benzene rings is 6. The molecule has 6 aromatic rings. The van der Waals surface area contributed by atoms with E-state index in [4.69, 9.17) is 0 Å². The van der Waals surface area contributed by atoms with Gasteiger partial charge in [-0.05, 0) is 114 Å². The van der Waals surface area contributed by atoms with Gasteiger partial charge >= 0.3 is 0 Å². The van der Waals surface area contributed by atoms with Gasteiger partial charge in [-0.1, -0.05) is 106 Å². The molecular formula is C52H64N6O12S6. The number of sulfonamides is 6. The Morgan fingerprint density at radius 1 is 0.250 bits per heavy atom. The summed E-state index contributed by atoms with van der Waals surface area (Å²) in [6.07, 6.45) is 0. The fourth-order valence-electron chi connectivity index (χ4n) is 7.73. The minimum Gasteiger partial charge on any atom is -0.210 e. The van der Waals surface area contributed by atoms with Crippen molar-refractivity contribution in [3.63, 3.8) is 0 Å². The van der Waals surface area contributed by atoms with Crippen molar-refractivity contribution in [3.05, 3.63) is 179 Å². The Balaban J connectivity index is 1.35. The van der Waals surface area contributed by atoms with Gasteiger partial charge in [-0.25, -0.2) is 60.0 Å². The summed E-state index contributed by atoms with van der Waals surface area (Å²) in [5, 5.41) is 0. The summed E-state index contributed by atoms with van der Waals surface area (Å²) in [5.74, 6) is 0. The van der Waals surface area contributed by atoms with Gasteiger partial charge in [0.15, 0.2) is 0 Å². The zero-order valence-corrected chi connectivity index (χ0v) is 48.0. The molecule has 0 bridgehead atoms. The molecule has 18 nitrogen and oxygen atoms in total. The van der Waals surface area contributed by atoms with Crippen LogP contribution in [0.1, 0.15) is 33.4 Å². The van der Waals surface area contributed by atoms with Crippen LogP contribution in [-0.2, 0) is 60.1 Å². The molecule has 24 heteroatoms. The van der Waals surface area contributed by atoms with Gasteiger partial charge in [0.1, 0.15) is 0 Å². The van der Waals surface area contributed by atoms with E-state index in [1.165, 1.54) is 72.8 Å². The molecule has 0 spiro atoms. The molecule has 0 aromatic heterocycles. The molecule has 0 aliphatic heterocycles. The third kappa shape index (κ3) is 15.3. The van der Waals surface area contributed by atoms with Gasteiger partial charge in [-0.3, -0.25) is 0 Å². The first-order valence-corrected chi connectivity index (χ1v) is 32.8. The first-order valence-electron chi connectivity index (χ1n) is 24.0. The van der Waals surface area contributed by atoms with Crippen molar-refractivity contribution in [2.75, 3.05) is 65.4 Å². The highest BCUT2D eigenvalue weighted by atomic mass is 32.2. The number of nitrogens with zero attached hydrogens (tertiary/aromatic N) is 4. The highest BCUT2D eigenvalue weighted by molar-refractivity contribution is 7.90. The number of rotatable bonds is 27. The summed E-state index contributed by atoms with van der Waals surface area (Å²) < 4.78 is 179. The number of hydrogen-bond donors (Lipinski definition) is 2. The Morgan fingerprint density at radius 2 is 0.408 bits per heavy atom. The van der Waals surface area contributed by atoms with Crippen LogP contribution in [0.5, 0.6) is 0 Å². The van der Waals surface area contributed by atoms with E-state index in [0.29, 0.717) is 0 Å². The fourth-order valence-corrected chi connectivity index (χ4v) is 15.5. The molecular weight excluding hydrogens is 1090 g/mol. The minimum absolute atomic E-state index is 0.0508. The van der Waals surface area contributed by atoms with Crippen LogP contribution in [0.4, 0.5) is 0 Å². The molecule has 0 atom stereocenters. The molecule has 0 fully saturated rings. The summed E-state index contributed by atoms with van der Waals surface area (Å²) >= 11 is 0. The molecule has 2 N–H and O–H groups in total. The number of aryl methyl sites for hydroxylation is 6. The van der Waals surface area contributed by atoms with Crippen LogP contribution in [0.3, 0.4) is 0 Å². The molecule has 0 saturated heterocycles. The standard InChI is InChI=1S/C52H64N6O12S6/c1-41-7-19-47(20-8-41)71(59,60)53-31-33-55(73(63,64)49-23-11-43(3)12-24-49)35-37-57(75(67,68)51-27-15-45(5)16-28-51)39-40-58(76(69,70)52-29-17-46(6)18-30-52)38-36-56(74(65,66)50-25-13-44(4)14-26-50)34-32-54-72(61,62)48-21-9-42(2)10-22-48/h7-30,53-54H,31-40H2,1-6H3. The van der Waals surface area contributed by atoms with E-state index in [-0.39, 0.29) is 29.4 Å². The van der Waals surface area contributed by atoms with Crippen LogP contribution >= 0.6 is 0 Å². The zero-order chi connectivity index (χ0) is 55.7. The second-order valence-electron chi connectivity index (χ2n) is 18.3. The van der Waals surface area contributed by atoms with Crippen molar-refractivity contribution < 1.29 is 50.5 Å². The van der Waals surface area contributed by atoms with Gasteiger partial charge in [0.25, 0.3) is 0 Å². The molecule has 0 amide bonds. The van der Waals surface area contributed by atoms with Gasteiger partial charge in [0.2, 0.25) is 60.1 Å². The van der Waals surface area contributed by atoms with E-state index in [1.807, 2.05) is 0 Å². The Bertz CT molecular complexity index is 3380.